The molecule has 0 radical (unpaired) electrons. The Morgan fingerprint density at radius 1 is 1.43 bits per heavy atom. The Bertz CT molecular complexity index is 609. The van der Waals surface area contributed by atoms with Crippen LogP contribution in [0.4, 0.5) is 5.69 Å². The second-order valence-corrected chi connectivity index (χ2v) is 4.85. The van der Waals surface area contributed by atoms with Crippen LogP contribution in [-0.4, -0.2) is 22.4 Å². The lowest BCUT2D eigenvalue weighted by molar-refractivity contribution is 0.0934. The molecule has 1 amide bonds. The number of nitrogens with one attached hydrogen (secondary N) is 2. The van der Waals surface area contributed by atoms with E-state index in [1.54, 1.807) is 24.7 Å². The smallest absolute Gasteiger partial charge is 0.255 e. The number of nitrogens with zero attached hydrogens (tertiary/aromatic N) is 2. The van der Waals surface area contributed by atoms with Crippen molar-refractivity contribution in [3.63, 3.8) is 0 Å². The molecular formula is C15H20N4O2. The molecule has 2 N–H and O–H groups in total. The first-order valence-electron chi connectivity index (χ1n) is 7.03. The summed E-state index contributed by atoms with van der Waals surface area (Å²) in [7, 11) is 0. The first-order valence-corrected chi connectivity index (χ1v) is 7.03. The van der Waals surface area contributed by atoms with Crippen LogP contribution in [0.15, 0.2) is 29.1 Å². The minimum Gasteiger partial charge on any atom is -0.444 e. The van der Waals surface area contributed by atoms with E-state index in [0.717, 1.165) is 24.4 Å². The Morgan fingerprint density at radius 3 is 2.90 bits per heavy atom. The molecule has 0 aliphatic carbocycles. The summed E-state index contributed by atoms with van der Waals surface area (Å²) in [5.41, 5.74) is 1.29. The van der Waals surface area contributed by atoms with Gasteiger partial charge >= 0.3 is 0 Å². The number of hydrogen-bond donors (Lipinski definition) is 2. The molecular weight excluding hydrogens is 268 g/mol. The molecule has 0 aromatic carbocycles. The number of aromatic nitrogens is 2. The number of hydrogen-bond acceptors (Lipinski definition) is 5. The fourth-order valence-electron chi connectivity index (χ4n) is 1.90. The highest BCUT2D eigenvalue weighted by molar-refractivity contribution is 5.99. The maximum atomic E-state index is 12.4. The van der Waals surface area contributed by atoms with Gasteiger partial charge in [0, 0.05) is 18.9 Å². The van der Waals surface area contributed by atoms with Crippen molar-refractivity contribution in [1.82, 2.24) is 15.3 Å². The van der Waals surface area contributed by atoms with Gasteiger partial charge in [-0.1, -0.05) is 6.92 Å². The minimum atomic E-state index is -0.301. The average molecular weight is 288 g/mol. The van der Waals surface area contributed by atoms with E-state index >= 15 is 0 Å². The van der Waals surface area contributed by atoms with E-state index < -0.39 is 0 Å². The van der Waals surface area contributed by atoms with Gasteiger partial charge in [0.25, 0.3) is 5.91 Å². The van der Waals surface area contributed by atoms with Crippen molar-refractivity contribution in [2.45, 2.75) is 33.2 Å². The zero-order valence-corrected chi connectivity index (χ0v) is 12.5. The average Bonchev–Trinajstić information content (AvgIpc) is 2.92. The van der Waals surface area contributed by atoms with Crippen LogP contribution in [0.5, 0.6) is 0 Å². The van der Waals surface area contributed by atoms with Gasteiger partial charge in [0.05, 0.1) is 17.4 Å². The van der Waals surface area contributed by atoms with Crippen molar-refractivity contribution >= 4 is 11.6 Å². The Balaban J connectivity index is 2.09. The van der Waals surface area contributed by atoms with Crippen LogP contribution in [-0.2, 0) is 0 Å². The molecule has 0 spiro atoms. The largest absolute Gasteiger partial charge is 0.444 e. The first-order chi connectivity index (χ1) is 10.1. The molecule has 0 bridgehead atoms. The lowest BCUT2D eigenvalue weighted by atomic mass is 10.2. The summed E-state index contributed by atoms with van der Waals surface area (Å²) in [6.45, 7) is 6.53. The standard InChI is InChI=1S/C15H20N4O2/c1-4-6-17-13-5-7-16-9-12(13)14(20)19-11(3)15-18-8-10(2)21-15/h5,7-9,11H,4,6H2,1-3H3,(H,16,17)(H,19,20). The molecule has 2 aromatic heterocycles. The summed E-state index contributed by atoms with van der Waals surface area (Å²) in [5.74, 6) is 1.01. The number of amides is 1. The van der Waals surface area contributed by atoms with Crippen LogP contribution in [0, 0.1) is 6.92 Å². The molecule has 0 saturated carbocycles. The lowest BCUT2D eigenvalue weighted by Crippen LogP contribution is -2.27. The monoisotopic (exact) mass is 288 g/mol. The van der Waals surface area contributed by atoms with E-state index in [1.165, 1.54) is 0 Å². The van der Waals surface area contributed by atoms with Gasteiger partial charge in [0.2, 0.25) is 5.89 Å². The molecule has 2 heterocycles. The molecule has 0 aliphatic heterocycles. The number of rotatable bonds is 6. The zero-order valence-electron chi connectivity index (χ0n) is 12.5. The molecule has 0 saturated heterocycles. The van der Waals surface area contributed by atoms with Gasteiger partial charge in [-0.15, -0.1) is 0 Å². The van der Waals surface area contributed by atoms with Crippen LogP contribution in [0.3, 0.4) is 0 Å². The van der Waals surface area contributed by atoms with Crippen molar-refractivity contribution in [3.8, 4) is 0 Å². The number of carbonyl (C=O) groups excluding carboxylic acids is 1. The van der Waals surface area contributed by atoms with Crippen molar-refractivity contribution < 1.29 is 9.21 Å². The van der Waals surface area contributed by atoms with Gasteiger partial charge in [-0.3, -0.25) is 9.78 Å². The number of pyridine rings is 1. The van der Waals surface area contributed by atoms with Crippen LogP contribution in [0.1, 0.15) is 48.3 Å². The minimum absolute atomic E-state index is 0.204. The van der Waals surface area contributed by atoms with E-state index in [-0.39, 0.29) is 11.9 Å². The summed E-state index contributed by atoms with van der Waals surface area (Å²) in [6.07, 6.45) is 5.84. The molecule has 1 unspecified atom stereocenters. The fourth-order valence-corrected chi connectivity index (χ4v) is 1.90. The quantitative estimate of drug-likeness (QED) is 0.854. The number of anilines is 1. The lowest BCUT2D eigenvalue weighted by Gasteiger charge is -2.13. The summed E-state index contributed by atoms with van der Waals surface area (Å²) >= 11 is 0. The zero-order chi connectivity index (χ0) is 15.2. The highest BCUT2D eigenvalue weighted by atomic mass is 16.4. The summed E-state index contributed by atoms with van der Waals surface area (Å²) in [6, 6.07) is 1.50. The van der Waals surface area contributed by atoms with E-state index in [2.05, 4.69) is 27.5 Å². The molecule has 2 aromatic rings. The van der Waals surface area contributed by atoms with Gasteiger partial charge in [0.15, 0.2) is 0 Å². The molecule has 21 heavy (non-hydrogen) atoms. The third-order valence-electron chi connectivity index (χ3n) is 2.99. The number of aryl methyl sites for hydroxylation is 1. The van der Waals surface area contributed by atoms with E-state index in [4.69, 9.17) is 4.42 Å². The second kappa shape index (κ2) is 6.88. The third-order valence-corrected chi connectivity index (χ3v) is 2.99. The number of carbonyl (C=O) groups is 1. The van der Waals surface area contributed by atoms with E-state index in [0.29, 0.717) is 11.5 Å². The summed E-state index contributed by atoms with van der Waals surface area (Å²) in [5, 5.41) is 6.09. The van der Waals surface area contributed by atoms with Crippen molar-refractivity contribution in [1.29, 1.82) is 0 Å². The third kappa shape index (κ3) is 3.81. The highest BCUT2D eigenvalue weighted by Gasteiger charge is 2.17. The molecule has 6 nitrogen and oxygen atoms in total. The van der Waals surface area contributed by atoms with Crippen LogP contribution >= 0.6 is 0 Å². The highest BCUT2D eigenvalue weighted by Crippen LogP contribution is 2.17. The molecule has 0 aliphatic rings. The molecule has 0 fully saturated rings. The van der Waals surface area contributed by atoms with Crippen LogP contribution in [0.2, 0.25) is 0 Å². The summed E-state index contributed by atoms with van der Waals surface area (Å²) in [4.78, 5) is 20.5. The molecule has 6 heteroatoms. The van der Waals surface area contributed by atoms with Gasteiger partial charge in [0.1, 0.15) is 11.8 Å². The van der Waals surface area contributed by atoms with Crippen molar-refractivity contribution in [2.24, 2.45) is 0 Å². The Kier molecular flexibility index (Phi) is 4.92. The number of oxazole rings is 1. The van der Waals surface area contributed by atoms with Crippen LogP contribution in [0.25, 0.3) is 0 Å². The predicted molar refractivity (Wildman–Crippen MR) is 80.1 cm³/mol. The van der Waals surface area contributed by atoms with E-state index in [1.807, 2.05) is 13.8 Å². The maximum absolute atomic E-state index is 12.4. The first kappa shape index (κ1) is 15.0. The SMILES string of the molecule is CCCNc1ccncc1C(=O)NC(C)c1ncc(C)o1. The Labute approximate surface area is 124 Å². The summed E-state index contributed by atoms with van der Waals surface area (Å²) < 4.78 is 5.42. The van der Waals surface area contributed by atoms with Gasteiger partial charge < -0.3 is 15.1 Å². The fraction of sp³-hybridized carbons (Fsp3) is 0.400. The van der Waals surface area contributed by atoms with Crippen molar-refractivity contribution in [2.75, 3.05) is 11.9 Å². The van der Waals surface area contributed by atoms with Gasteiger partial charge in [-0.2, -0.15) is 0 Å². The van der Waals surface area contributed by atoms with Crippen LogP contribution < -0.4 is 10.6 Å². The Hall–Kier alpha value is -2.37. The van der Waals surface area contributed by atoms with Gasteiger partial charge in [-0.25, -0.2) is 4.98 Å². The second-order valence-electron chi connectivity index (χ2n) is 4.85. The predicted octanol–water partition coefficient (Wildman–Crippen LogP) is 2.69. The van der Waals surface area contributed by atoms with Crippen molar-refractivity contribution in [3.05, 3.63) is 41.9 Å². The maximum Gasteiger partial charge on any atom is 0.255 e. The normalized spacial score (nSPS) is 12.0. The Morgan fingerprint density at radius 2 is 2.24 bits per heavy atom. The molecule has 2 rings (SSSR count). The molecule has 112 valence electrons. The molecule has 1 atom stereocenters. The topological polar surface area (TPSA) is 80.0 Å². The van der Waals surface area contributed by atoms with Gasteiger partial charge in [-0.05, 0) is 26.3 Å². The van der Waals surface area contributed by atoms with E-state index in [9.17, 15) is 4.79 Å².